The molecule has 0 radical (unpaired) electrons. The van der Waals surface area contributed by atoms with E-state index in [0.29, 0.717) is 0 Å². The Morgan fingerprint density at radius 1 is 1.30 bits per heavy atom. The van der Waals surface area contributed by atoms with Crippen molar-refractivity contribution in [3.63, 3.8) is 0 Å². The van der Waals surface area contributed by atoms with Gasteiger partial charge in [0.2, 0.25) is 0 Å². The lowest BCUT2D eigenvalue weighted by Gasteiger charge is -2.41. The summed E-state index contributed by atoms with van der Waals surface area (Å²) in [5, 5.41) is 6.55. The normalized spacial score (nSPS) is 17.6. The summed E-state index contributed by atoms with van der Waals surface area (Å²) in [6.07, 6.45) is 2.53. The molecule has 2 aromatic heterocycles. The molecule has 0 bridgehead atoms. The Morgan fingerprint density at radius 2 is 2.07 bits per heavy atom. The van der Waals surface area contributed by atoms with Gasteiger partial charge in [-0.1, -0.05) is 19.1 Å². The maximum atomic E-state index is 13.3. The number of para-hydroxylation sites is 1. The highest BCUT2D eigenvalue weighted by atomic mass is 32.1. The number of nitrogens with zero attached hydrogens (tertiary/aromatic N) is 3. The Morgan fingerprint density at radius 3 is 2.78 bits per heavy atom. The lowest BCUT2D eigenvalue weighted by atomic mass is 10.0. The molecule has 0 saturated heterocycles. The molecular formula is C21H24N4OS. The van der Waals surface area contributed by atoms with Crippen LogP contribution in [0.1, 0.15) is 53.7 Å². The molecule has 0 unspecified atom stereocenters. The van der Waals surface area contributed by atoms with Gasteiger partial charge in [-0.3, -0.25) is 9.36 Å². The number of nitrogens with one attached hydrogen (secondary N) is 1. The second-order valence-corrected chi connectivity index (χ2v) is 7.91. The van der Waals surface area contributed by atoms with Gasteiger partial charge in [-0.15, -0.1) is 11.3 Å². The second kappa shape index (κ2) is 6.85. The van der Waals surface area contributed by atoms with E-state index < -0.39 is 0 Å². The van der Waals surface area contributed by atoms with E-state index in [4.69, 9.17) is 0 Å². The molecule has 140 valence electrons. The van der Waals surface area contributed by atoms with Crippen LogP contribution in [0.2, 0.25) is 0 Å². The Bertz CT molecular complexity index is 976. The molecule has 0 aliphatic carbocycles. The molecule has 1 aliphatic rings. The third-order valence-electron chi connectivity index (χ3n) is 5.40. The van der Waals surface area contributed by atoms with Gasteiger partial charge in [-0.25, -0.2) is 4.98 Å². The van der Waals surface area contributed by atoms with Crippen molar-refractivity contribution < 1.29 is 4.79 Å². The number of anilines is 1. The van der Waals surface area contributed by atoms with Crippen LogP contribution in [0.15, 0.2) is 41.9 Å². The largest absolute Gasteiger partial charge is 0.361 e. The number of thiazole rings is 1. The predicted octanol–water partition coefficient (Wildman–Crippen LogP) is 4.92. The average Bonchev–Trinajstić information content (AvgIpc) is 3.28. The molecule has 3 aromatic rings. The summed E-state index contributed by atoms with van der Waals surface area (Å²) in [6.45, 7) is 8.42. The van der Waals surface area contributed by atoms with Crippen LogP contribution in [-0.2, 0) is 0 Å². The van der Waals surface area contributed by atoms with E-state index >= 15 is 0 Å². The minimum Gasteiger partial charge on any atom is -0.361 e. The Kier molecular flexibility index (Phi) is 4.52. The minimum atomic E-state index is -0.192. The van der Waals surface area contributed by atoms with E-state index in [2.05, 4.69) is 48.6 Å². The summed E-state index contributed by atoms with van der Waals surface area (Å²) >= 11 is 1.62. The fraction of sp³-hybridized carbons (Fsp3) is 0.333. The highest BCUT2D eigenvalue weighted by molar-refractivity contribution is 7.12. The first kappa shape index (κ1) is 17.8. The van der Waals surface area contributed by atoms with E-state index in [-0.39, 0.29) is 18.1 Å². The average molecular weight is 381 g/mol. The van der Waals surface area contributed by atoms with Crippen molar-refractivity contribution >= 4 is 22.9 Å². The quantitative estimate of drug-likeness (QED) is 0.699. The number of rotatable bonds is 4. The van der Waals surface area contributed by atoms with Gasteiger partial charge in [0, 0.05) is 40.3 Å². The molecule has 3 heterocycles. The first-order valence-electron chi connectivity index (χ1n) is 9.29. The van der Waals surface area contributed by atoms with Crippen LogP contribution in [-0.4, -0.2) is 26.4 Å². The molecular weight excluding hydrogens is 356 g/mol. The van der Waals surface area contributed by atoms with Gasteiger partial charge in [0.05, 0.1) is 5.56 Å². The first-order valence-corrected chi connectivity index (χ1v) is 10.2. The lowest BCUT2D eigenvalue weighted by Crippen LogP contribution is -2.47. The number of amides is 1. The van der Waals surface area contributed by atoms with Gasteiger partial charge >= 0.3 is 0 Å². The number of hydrogen-bond donors (Lipinski definition) is 1. The molecule has 27 heavy (non-hydrogen) atoms. The van der Waals surface area contributed by atoms with Crippen LogP contribution in [0, 0.1) is 13.8 Å². The highest BCUT2D eigenvalue weighted by Crippen LogP contribution is 2.37. The first-order chi connectivity index (χ1) is 13.0. The lowest BCUT2D eigenvalue weighted by molar-refractivity contribution is 0.0593. The van der Waals surface area contributed by atoms with Crippen molar-refractivity contribution in [2.75, 3.05) is 5.32 Å². The van der Waals surface area contributed by atoms with Crippen LogP contribution in [0.25, 0.3) is 5.13 Å². The Balaban J connectivity index is 1.85. The zero-order chi connectivity index (χ0) is 19.1. The summed E-state index contributed by atoms with van der Waals surface area (Å²) < 4.78 is 2.17. The number of hydrogen-bond acceptors (Lipinski definition) is 4. The number of aromatic nitrogens is 2. The van der Waals surface area contributed by atoms with Gasteiger partial charge in [-0.2, -0.15) is 0 Å². The monoisotopic (exact) mass is 380 g/mol. The van der Waals surface area contributed by atoms with E-state index in [9.17, 15) is 4.79 Å². The fourth-order valence-corrected chi connectivity index (χ4v) is 4.58. The molecule has 0 spiro atoms. The van der Waals surface area contributed by atoms with Crippen molar-refractivity contribution in [1.82, 2.24) is 14.5 Å². The van der Waals surface area contributed by atoms with Gasteiger partial charge in [0.25, 0.3) is 5.91 Å². The molecule has 0 saturated carbocycles. The summed E-state index contributed by atoms with van der Waals surface area (Å²) in [5.74, 6) is 0.0859. The molecule has 1 amide bonds. The van der Waals surface area contributed by atoms with Crippen molar-refractivity contribution in [3.8, 4) is 5.13 Å². The van der Waals surface area contributed by atoms with Crippen molar-refractivity contribution in [2.45, 2.75) is 46.3 Å². The molecule has 1 aromatic carbocycles. The summed E-state index contributed by atoms with van der Waals surface area (Å²) in [5.41, 5.74) is 4.98. The van der Waals surface area contributed by atoms with E-state index in [1.165, 1.54) is 0 Å². The third kappa shape index (κ3) is 2.84. The van der Waals surface area contributed by atoms with Crippen LogP contribution in [0.4, 0.5) is 5.69 Å². The zero-order valence-electron chi connectivity index (χ0n) is 16.1. The molecule has 0 fully saturated rings. The van der Waals surface area contributed by atoms with Gasteiger partial charge in [0.15, 0.2) is 5.13 Å². The van der Waals surface area contributed by atoms with E-state index in [1.807, 2.05) is 40.7 Å². The SMILES string of the molecule is CC[C@H](C)N1C(=O)c2ccccc2N[C@@H]1c1cc(C)n(-c2nccs2)c1C. The number of carbonyl (C=O) groups is 1. The van der Waals surface area contributed by atoms with Gasteiger partial charge < -0.3 is 10.2 Å². The van der Waals surface area contributed by atoms with Crippen molar-refractivity contribution in [2.24, 2.45) is 0 Å². The Labute approximate surface area is 163 Å². The second-order valence-electron chi connectivity index (χ2n) is 7.04. The van der Waals surface area contributed by atoms with E-state index in [1.54, 1.807) is 11.3 Å². The van der Waals surface area contributed by atoms with Gasteiger partial charge in [-0.05, 0) is 45.4 Å². The molecule has 5 nitrogen and oxygen atoms in total. The van der Waals surface area contributed by atoms with Crippen LogP contribution >= 0.6 is 11.3 Å². The Hall–Kier alpha value is -2.60. The van der Waals surface area contributed by atoms with Crippen LogP contribution < -0.4 is 5.32 Å². The fourth-order valence-electron chi connectivity index (χ4n) is 3.83. The van der Waals surface area contributed by atoms with Crippen LogP contribution in [0.5, 0.6) is 0 Å². The maximum absolute atomic E-state index is 13.3. The number of benzene rings is 1. The zero-order valence-corrected chi connectivity index (χ0v) is 16.9. The molecule has 6 heteroatoms. The topological polar surface area (TPSA) is 50.2 Å². The third-order valence-corrected chi connectivity index (χ3v) is 6.16. The maximum Gasteiger partial charge on any atom is 0.258 e. The van der Waals surface area contributed by atoms with Crippen molar-refractivity contribution in [3.05, 3.63) is 64.4 Å². The van der Waals surface area contributed by atoms with E-state index in [0.717, 1.165) is 39.8 Å². The van der Waals surface area contributed by atoms with Crippen LogP contribution in [0.3, 0.4) is 0 Å². The number of fused-ring (bicyclic) bond motifs is 1. The molecule has 1 N–H and O–H groups in total. The summed E-state index contributed by atoms with van der Waals surface area (Å²) in [6, 6.07) is 10.1. The molecule has 2 atom stereocenters. The predicted molar refractivity (Wildman–Crippen MR) is 110 cm³/mol. The highest BCUT2D eigenvalue weighted by Gasteiger charge is 2.37. The van der Waals surface area contributed by atoms with Crippen molar-refractivity contribution in [1.29, 1.82) is 0 Å². The summed E-state index contributed by atoms with van der Waals surface area (Å²) in [7, 11) is 0. The summed E-state index contributed by atoms with van der Waals surface area (Å²) in [4.78, 5) is 19.8. The molecule has 4 rings (SSSR count). The smallest absolute Gasteiger partial charge is 0.258 e. The number of aryl methyl sites for hydroxylation is 1. The standard InChI is InChI=1S/C21H24N4OS/c1-5-13(2)25-19(23-18-9-7-6-8-16(18)20(25)26)17-12-14(3)24(15(17)4)21-22-10-11-27-21/h6-13,19,23H,5H2,1-4H3/t13-,19-/m0/s1. The minimum absolute atomic E-state index is 0.0859. The van der Waals surface area contributed by atoms with Gasteiger partial charge in [0.1, 0.15) is 6.17 Å². The number of carbonyl (C=O) groups excluding carboxylic acids is 1. The molecule has 1 aliphatic heterocycles.